The van der Waals surface area contributed by atoms with Crippen molar-refractivity contribution in [2.45, 2.75) is 24.2 Å². The van der Waals surface area contributed by atoms with Crippen molar-refractivity contribution in [1.29, 1.82) is 0 Å². The van der Waals surface area contributed by atoms with E-state index in [9.17, 15) is 13.2 Å². The maximum atomic E-state index is 12.5. The fraction of sp³-hybridized carbons (Fsp3) is 0.316. The maximum absolute atomic E-state index is 12.5. The van der Waals surface area contributed by atoms with E-state index in [1.165, 1.54) is 26.3 Å². The topological polar surface area (TPSA) is 84.5 Å². The van der Waals surface area contributed by atoms with E-state index >= 15 is 0 Å². The van der Waals surface area contributed by atoms with Crippen molar-refractivity contribution in [3.8, 4) is 5.75 Å². The molecule has 0 bridgehead atoms. The molecule has 1 atom stereocenters. The summed E-state index contributed by atoms with van der Waals surface area (Å²) < 4.78 is 31.6. The lowest BCUT2D eigenvalue weighted by Crippen LogP contribution is -2.28. The van der Waals surface area contributed by atoms with Gasteiger partial charge in [0, 0.05) is 18.0 Å². The molecule has 0 heterocycles. The second-order valence-corrected chi connectivity index (χ2v) is 7.65. The van der Waals surface area contributed by atoms with Crippen LogP contribution in [0.1, 0.15) is 35.2 Å². The Morgan fingerprint density at radius 2 is 1.85 bits per heavy atom. The molecule has 2 N–H and O–H groups in total. The number of nitrogens with one attached hydrogen (secondary N) is 2. The lowest BCUT2D eigenvalue weighted by atomic mass is 9.96. The van der Waals surface area contributed by atoms with Gasteiger partial charge in [-0.2, -0.15) is 0 Å². The van der Waals surface area contributed by atoms with Gasteiger partial charge in [-0.15, -0.1) is 0 Å². The highest BCUT2D eigenvalue weighted by Gasteiger charge is 2.20. The molecule has 0 aromatic heterocycles. The highest BCUT2D eigenvalue weighted by molar-refractivity contribution is 7.89. The first-order valence-corrected chi connectivity index (χ1v) is 9.86. The van der Waals surface area contributed by atoms with Crippen molar-refractivity contribution >= 4 is 15.9 Å². The summed E-state index contributed by atoms with van der Waals surface area (Å²) in [6.45, 7) is 2.54. The zero-order valence-corrected chi connectivity index (χ0v) is 16.0. The Bertz CT molecular complexity index is 851. The van der Waals surface area contributed by atoms with Gasteiger partial charge in [-0.25, -0.2) is 13.1 Å². The van der Waals surface area contributed by atoms with E-state index in [2.05, 4.69) is 17.0 Å². The molecule has 26 heavy (non-hydrogen) atoms. The number of hydrogen-bond donors (Lipinski definition) is 2. The third kappa shape index (κ3) is 4.62. The van der Waals surface area contributed by atoms with Gasteiger partial charge in [0.05, 0.1) is 7.11 Å². The molecule has 2 aromatic carbocycles. The van der Waals surface area contributed by atoms with E-state index in [-0.39, 0.29) is 28.0 Å². The maximum Gasteiger partial charge on any atom is 0.251 e. The van der Waals surface area contributed by atoms with E-state index < -0.39 is 10.0 Å². The zero-order chi connectivity index (χ0) is 19.2. The van der Waals surface area contributed by atoms with Crippen molar-refractivity contribution in [2.75, 3.05) is 20.7 Å². The molecule has 0 radical (unpaired) electrons. The number of sulfonamides is 1. The first-order chi connectivity index (χ1) is 12.4. The average Bonchev–Trinajstić information content (AvgIpc) is 2.68. The van der Waals surface area contributed by atoms with Gasteiger partial charge in [0.1, 0.15) is 10.6 Å². The molecule has 1 unspecified atom stereocenters. The van der Waals surface area contributed by atoms with Crippen LogP contribution in [0.5, 0.6) is 5.75 Å². The van der Waals surface area contributed by atoms with E-state index in [4.69, 9.17) is 4.74 Å². The summed E-state index contributed by atoms with van der Waals surface area (Å²) in [7, 11) is -1.03. The molecule has 6 nitrogen and oxygen atoms in total. The van der Waals surface area contributed by atoms with Crippen LogP contribution in [0.15, 0.2) is 53.4 Å². The Balaban J connectivity index is 2.18. The minimum absolute atomic E-state index is 0.0646. The third-order valence-electron chi connectivity index (χ3n) is 4.26. The number of benzene rings is 2. The van der Waals surface area contributed by atoms with Crippen LogP contribution in [0.4, 0.5) is 0 Å². The molecule has 0 aliphatic carbocycles. The first kappa shape index (κ1) is 19.9. The molecule has 0 spiro atoms. The number of hydrogen-bond acceptors (Lipinski definition) is 4. The van der Waals surface area contributed by atoms with Gasteiger partial charge >= 0.3 is 0 Å². The Hall–Kier alpha value is -2.38. The van der Waals surface area contributed by atoms with Gasteiger partial charge in [-0.05, 0) is 37.2 Å². The number of ether oxygens (including phenoxy) is 1. The molecule has 0 aliphatic heterocycles. The van der Waals surface area contributed by atoms with Gasteiger partial charge in [0.25, 0.3) is 5.91 Å². The summed E-state index contributed by atoms with van der Waals surface area (Å²) in [4.78, 5) is 12.4. The molecule has 0 saturated heterocycles. The van der Waals surface area contributed by atoms with Gasteiger partial charge < -0.3 is 10.1 Å². The van der Waals surface area contributed by atoms with Gasteiger partial charge in [-0.3, -0.25) is 4.79 Å². The lowest BCUT2D eigenvalue weighted by molar-refractivity contribution is 0.0950. The van der Waals surface area contributed by atoms with Crippen LogP contribution in [0.3, 0.4) is 0 Å². The predicted molar refractivity (Wildman–Crippen MR) is 101 cm³/mol. The summed E-state index contributed by atoms with van der Waals surface area (Å²) >= 11 is 0. The number of rotatable bonds is 8. The highest BCUT2D eigenvalue weighted by Crippen LogP contribution is 2.25. The minimum Gasteiger partial charge on any atom is -0.495 e. The van der Waals surface area contributed by atoms with Crippen molar-refractivity contribution in [2.24, 2.45) is 0 Å². The van der Waals surface area contributed by atoms with Crippen LogP contribution < -0.4 is 14.8 Å². The monoisotopic (exact) mass is 376 g/mol. The second kappa shape index (κ2) is 8.82. The largest absolute Gasteiger partial charge is 0.495 e. The number of amides is 1. The van der Waals surface area contributed by atoms with Crippen molar-refractivity contribution in [3.63, 3.8) is 0 Å². The number of carbonyl (C=O) groups excluding carboxylic acids is 1. The fourth-order valence-corrected chi connectivity index (χ4v) is 3.60. The van der Waals surface area contributed by atoms with Crippen LogP contribution in [-0.4, -0.2) is 35.0 Å². The Morgan fingerprint density at radius 1 is 1.15 bits per heavy atom. The van der Waals surface area contributed by atoms with Crippen LogP contribution in [0.2, 0.25) is 0 Å². The van der Waals surface area contributed by atoms with Crippen molar-refractivity contribution in [3.05, 3.63) is 59.7 Å². The normalized spacial score (nSPS) is 12.4. The van der Waals surface area contributed by atoms with E-state index in [1.807, 2.05) is 30.3 Å². The SMILES string of the molecule is CCC(CNC(=O)c1ccc(OC)c(S(=O)(=O)NC)c1)c1ccccc1. The van der Waals surface area contributed by atoms with Crippen LogP contribution in [0, 0.1) is 0 Å². The Kier molecular flexibility index (Phi) is 6.76. The standard InChI is InChI=1S/C19H24N2O4S/c1-4-14(15-8-6-5-7-9-15)13-21-19(22)16-10-11-17(25-3)18(12-16)26(23,24)20-2/h5-12,14,20H,4,13H2,1-3H3,(H,21,22). The number of methoxy groups -OCH3 is 1. The van der Waals surface area contributed by atoms with Gasteiger partial charge in [-0.1, -0.05) is 37.3 Å². The molecular weight excluding hydrogens is 352 g/mol. The predicted octanol–water partition coefficient (Wildman–Crippen LogP) is 2.53. The molecule has 0 fully saturated rings. The molecule has 140 valence electrons. The lowest BCUT2D eigenvalue weighted by Gasteiger charge is -2.17. The van der Waals surface area contributed by atoms with Gasteiger partial charge in [0.15, 0.2) is 0 Å². The zero-order valence-electron chi connectivity index (χ0n) is 15.2. The smallest absolute Gasteiger partial charge is 0.251 e. The number of carbonyl (C=O) groups is 1. The van der Waals surface area contributed by atoms with E-state index in [0.717, 1.165) is 12.0 Å². The molecule has 0 saturated carbocycles. The van der Waals surface area contributed by atoms with Crippen LogP contribution in [-0.2, 0) is 10.0 Å². The van der Waals surface area contributed by atoms with Crippen molar-refractivity contribution in [1.82, 2.24) is 10.0 Å². The molecule has 2 rings (SSSR count). The quantitative estimate of drug-likeness (QED) is 0.741. The third-order valence-corrected chi connectivity index (χ3v) is 5.69. The molecule has 2 aromatic rings. The highest BCUT2D eigenvalue weighted by atomic mass is 32.2. The Labute approximate surface area is 154 Å². The van der Waals surface area contributed by atoms with E-state index in [0.29, 0.717) is 6.54 Å². The van der Waals surface area contributed by atoms with Crippen LogP contribution >= 0.6 is 0 Å². The molecule has 0 aliphatic rings. The first-order valence-electron chi connectivity index (χ1n) is 8.37. The van der Waals surface area contributed by atoms with Gasteiger partial charge in [0.2, 0.25) is 10.0 Å². The van der Waals surface area contributed by atoms with E-state index in [1.54, 1.807) is 6.07 Å². The average molecular weight is 376 g/mol. The summed E-state index contributed by atoms with van der Waals surface area (Å²) in [5, 5.41) is 2.89. The second-order valence-electron chi connectivity index (χ2n) is 5.80. The molecular formula is C19H24N2O4S. The molecule has 7 heteroatoms. The fourth-order valence-electron chi connectivity index (χ4n) is 2.68. The Morgan fingerprint density at radius 3 is 2.42 bits per heavy atom. The summed E-state index contributed by atoms with van der Waals surface area (Å²) in [5.41, 5.74) is 1.42. The van der Waals surface area contributed by atoms with Crippen LogP contribution in [0.25, 0.3) is 0 Å². The summed E-state index contributed by atoms with van der Waals surface area (Å²) in [5.74, 6) is 0.0557. The minimum atomic E-state index is -3.73. The van der Waals surface area contributed by atoms with Crippen molar-refractivity contribution < 1.29 is 17.9 Å². The summed E-state index contributed by atoms with van der Waals surface area (Å²) in [6, 6.07) is 14.3. The summed E-state index contributed by atoms with van der Waals surface area (Å²) in [6.07, 6.45) is 0.881. The molecule has 1 amide bonds.